The molecule has 0 aliphatic rings. The van der Waals surface area contributed by atoms with Crippen LogP contribution in [0.25, 0.3) is 11.0 Å². The summed E-state index contributed by atoms with van der Waals surface area (Å²) in [5.41, 5.74) is 3.58. The second kappa shape index (κ2) is 7.10. The van der Waals surface area contributed by atoms with Gasteiger partial charge in [-0.1, -0.05) is 27.7 Å². The number of hydrogen-bond donors (Lipinski definition) is 0. The Labute approximate surface area is 93.1 Å². The van der Waals surface area contributed by atoms with Crippen LogP contribution in [0.1, 0.15) is 38.8 Å². The second-order valence-corrected chi connectivity index (χ2v) is 2.89. The van der Waals surface area contributed by atoms with Gasteiger partial charge >= 0.3 is 0 Å². The maximum atomic E-state index is 5.25. The number of hydrogen-bond acceptors (Lipinski definition) is 1. The summed E-state index contributed by atoms with van der Waals surface area (Å²) in [5, 5.41) is 1.19. The highest BCUT2D eigenvalue weighted by molar-refractivity contribution is 5.78. The minimum atomic E-state index is 0.980. The average molecular weight is 206 g/mol. The van der Waals surface area contributed by atoms with E-state index in [1.54, 1.807) is 6.26 Å². The van der Waals surface area contributed by atoms with Crippen LogP contribution in [-0.4, -0.2) is 0 Å². The molecule has 0 aliphatic heterocycles. The first-order chi connectivity index (χ1) is 7.27. The molecule has 0 N–H and O–H groups in total. The van der Waals surface area contributed by atoms with Crippen LogP contribution in [0.2, 0.25) is 0 Å². The molecule has 2 rings (SSSR count). The molecule has 0 amide bonds. The van der Waals surface area contributed by atoms with Crippen LogP contribution >= 0.6 is 0 Å². The van der Waals surface area contributed by atoms with E-state index in [4.69, 9.17) is 4.42 Å². The molecule has 0 aliphatic carbocycles. The van der Waals surface area contributed by atoms with Crippen molar-refractivity contribution in [3.05, 3.63) is 35.6 Å². The highest BCUT2D eigenvalue weighted by Crippen LogP contribution is 2.19. The molecule has 2 aromatic rings. The van der Waals surface area contributed by atoms with Gasteiger partial charge < -0.3 is 4.42 Å². The van der Waals surface area contributed by atoms with Gasteiger partial charge in [0, 0.05) is 5.39 Å². The molecule has 1 heteroatoms. The van der Waals surface area contributed by atoms with Gasteiger partial charge in [-0.3, -0.25) is 0 Å². The lowest BCUT2D eigenvalue weighted by Gasteiger charge is -1.97. The molecule has 0 unspecified atom stereocenters. The van der Waals surface area contributed by atoms with E-state index in [0.717, 1.165) is 5.58 Å². The monoisotopic (exact) mass is 206 g/mol. The van der Waals surface area contributed by atoms with Gasteiger partial charge in [0.25, 0.3) is 0 Å². The largest absolute Gasteiger partial charge is 0.464 e. The zero-order chi connectivity index (χ0) is 11.8. The van der Waals surface area contributed by atoms with Crippen molar-refractivity contribution in [2.75, 3.05) is 0 Å². The summed E-state index contributed by atoms with van der Waals surface area (Å²) in [4.78, 5) is 0. The summed E-state index contributed by atoms with van der Waals surface area (Å²) in [6.45, 7) is 12.2. The second-order valence-electron chi connectivity index (χ2n) is 2.89. The molecule has 15 heavy (non-hydrogen) atoms. The van der Waals surface area contributed by atoms with Crippen molar-refractivity contribution in [1.82, 2.24) is 0 Å². The smallest absolute Gasteiger partial charge is 0.134 e. The lowest BCUT2D eigenvalue weighted by atomic mass is 10.1. The van der Waals surface area contributed by atoms with Crippen LogP contribution in [0, 0.1) is 13.8 Å². The van der Waals surface area contributed by atoms with E-state index in [1.165, 1.54) is 16.5 Å². The Hall–Kier alpha value is -1.24. The summed E-state index contributed by atoms with van der Waals surface area (Å²) in [7, 11) is 0. The molecule has 0 fully saturated rings. The maximum Gasteiger partial charge on any atom is 0.134 e. The first-order valence-electron chi connectivity index (χ1n) is 5.72. The third-order valence-corrected chi connectivity index (χ3v) is 2.07. The minimum absolute atomic E-state index is 0.980. The molecule has 0 saturated carbocycles. The van der Waals surface area contributed by atoms with Gasteiger partial charge in [0.05, 0.1) is 6.26 Å². The Morgan fingerprint density at radius 3 is 2.00 bits per heavy atom. The summed E-state index contributed by atoms with van der Waals surface area (Å²) in [6, 6.07) is 6.21. The lowest BCUT2D eigenvalue weighted by molar-refractivity contribution is 0.615. The molecular weight excluding hydrogens is 184 g/mol. The van der Waals surface area contributed by atoms with Crippen LogP contribution in [0.3, 0.4) is 0 Å². The fourth-order valence-corrected chi connectivity index (χ4v) is 1.22. The molecule has 1 nitrogen and oxygen atoms in total. The van der Waals surface area contributed by atoms with Crippen molar-refractivity contribution in [1.29, 1.82) is 0 Å². The lowest BCUT2D eigenvalue weighted by Crippen LogP contribution is -1.77. The summed E-state index contributed by atoms with van der Waals surface area (Å²) < 4.78 is 5.25. The highest BCUT2D eigenvalue weighted by atomic mass is 16.3. The topological polar surface area (TPSA) is 13.1 Å². The standard InChI is InChI=1S/C10H10O.2C2H6/c1-7-5-9-3-4-11-10(9)6-8(7)2;2*1-2/h3-6H,1-2H3;2*1-2H3. The van der Waals surface area contributed by atoms with Crippen molar-refractivity contribution in [3.8, 4) is 0 Å². The van der Waals surface area contributed by atoms with E-state index in [2.05, 4.69) is 26.0 Å². The molecule has 1 heterocycles. The van der Waals surface area contributed by atoms with E-state index in [1.807, 2.05) is 33.8 Å². The van der Waals surface area contributed by atoms with E-state index in [-0.39, 0.29) is 0 Å². The van der Waals surface area contributed by atoms with Crippen molar-refractivity contribution < 1.29 is 4.42 Å². The van der Waals surface area contributed by atoms with E-state index < -0.39 is 0 Å². The Bertz CT molecular complexity index is 349. The van der Waals surface area contributed by atoms with Gasteiger partial charge in [0.1, 0.15) is 5.58 Å². The van der Waals surface area contributed by atoms with Crippen LogP contribution in [0.15, 0.2) is 28.9 Å². The van der Waals surface area contributed by atoms with E-state index in [9.17, 15) is 0 Å². The fourth-order valence-electron chi connectivity index (χ4n) is 1.22. The minimum Gasteiger partial charge on any atom is -0.464 e. The molecule has 0 radical (unpaired) electrons. The number of benzene rings is 1. The van der Waals surface area contributed by atoms with Gasteiger partial charge in [-0.15, -0.1) is 0 Å². The normalized spacial score (nSPS) is 8.67. The Morgan fingerprint density at radius 2 is 1.40 bits per heavy atom. The van der Waals surface area contributed by atoms with Crippen molar-refractivity contribution in [3.63, 3.8) is 0 Å². The third kappa shape index (κ3) is 3.43. The zero-order valence-electron chi connectivity index (χ0n) is 10.7. The van der Waals surface area contributed by atoms with E-state index in [0.29, 0.717) is 0 Å². The van der Waals surface area contributed by atoms with Crippen LogP contribution in [0.5, 0.6) is 0 Å². The predicted molar refractivity (Wildman–Crippen MR) is 68.4 cm³/mol. The molecular formula is C14H22O. The van der Waals surface area contributed by atoms with E-state index >= 15 is 0 Å². The average Bonchev–Trinajstić information content (AvgIpc) is 2.72. The Morgan fingerprint density at radius 1 is 0.867 bits per heavy atom. The Balaban J connectivity index is 0.000000442. The fraction of sp³-hybridized carbons (Fsp3) is 0.429. The van der Waals surface area contributed by atoms with Crippen LogP contribution < -0.4 is 0 Å². The van der Waals surface area contributed by atoms with Crippen LogP contribution in [-0.2, 0) is 0 Å². The Kier molecular flexibility index (Phi) is 6.52. The summed E-state index contributed by atoms with van der Waals surface area (Å²) in [6.07, 6.45) is 1.73. The number of fused-ring (bicyclic) bond motifs is 1. The zero-order valence-corrected chi connectivity index (χ0v) is 10.7. The van der Waals surface area contributed by atoms with Gasteiger partial charge in [-0.25, -0.2) is 0 Å². The predicted octanol–water partition coefficient (Wildman–Crippen LogP) is 5.10. The summed E-state index contributed by atoms with van der Waals surface area (Å²) >= 11 is 0. The maximum absolute atomic E-state index is 5.25. The molecule has 0 spiro atoms. The molecule has 0 atom stereocenters. The third-order valence-electron chi connectivity index (χ3n) is 2.07. The van der Waals surface area contributed by atoms with Gasteiger partial charge in [0.2, 0.25) is 0 Å². The molecule has 1 aromatic heterocycles. The molecule has 0 saturated heterocycles. The van der Waals surface area contributed by atoms with Crippen molar-refractivity contribution in [2.45, 2.75) is 41.5 Å². The molecule has 0 bridgehead atoms. The number of aryl methyl sites for hydroxylation is 2. The van der Waals surface area contributed by atoms with Crippen molar-refractivity contribution >= 4 is 11.0 Å². The van der Waals surface area contributed by atoms with Gasteiger partial charge in [0.15, 0.2) is 0 Å². The quantitative estimate of drug-likeness (QED) is 0.584. The molecule has 84 valence electrons. The number of rotatable bonds is 0. The first-order valence-corrected chi connectivity index (χ1v) is 5.72. The highest BCUT2D eigenvalue weighted by Gasteiger charge is 1.98. The van der Waals surface area contributed by atoms with Gasteiger partial charge in [-0.2, -0.15) is 0 Å². The van der Waals surface area contributed by atoms with Crippen molar-refractivity contribution in [2.24, 2.45) is 0 Å². The summed E-state index contributed by atoms with van der Waals surface area (Å²) in [5.74, 6) is 0. The molecule has 1 aromatic carbocycles. The van der Waals surface area contributed by atoms with Gasteiger partial charge in [-0.05, 0) is 43.2 Å². The first kappa shape index (κ1) is 13.8. The number of furan rings is 1. The van der Waals surface area contributed by atoms with Crippen LogP contribution in [0.4, 0.5) is 0 Å². The SMILES string of the molecule is CC.CC.Cc1cc2ccoc2cc1C.